The maximum absolute atomic E-state index is 12.3. The van der Waals surface area contributed by atoms with E-state index in [0.717, 1.165) is 5.69 Å². The highest BCUT2D eigenvalue weighted by molar-refractivity contribution is 6.30. The van der Waals surface area contributed by atoms with Crippen LogP contribution in [0.4, 0.5) is 11.6 Å². The van der Waals surface area contributed by atoms with E-state index in [2.05, 4.69) is 25.9 Å². The van der Waals surface area contributed by atoms with Crippen molar-refractivity contribution in [2.24, 2.45) is 5.92 Å². The number of aromatic nitrogens is 4. The molecule has 2 amide bonds. The lowest BCUT2D eigenvalue weighted by Gasteiger charge is -2.16. The Balaban J connectivity index is 1.71. The summed E-state index contributed by atoms with van der Waals surface area (Å²) < 4.78 is 0. The molecule has 1 aliphatic rings. The highest BCUT2D eigenvalue weighted by atomic mass is 35.5. The summed E-state index contributed by atoms with van der Waals surface area (Å²) in [6.07, 6.45) is 0.436. The van der Waals surface area contributed by atoms with Gasteiger partial charge in [0.25, 0.3) is 5.95 Å². The van der Waals surface area contributed by atoms with Crippen LogP contribution in [0.5, 0.6) is 0 Å². The Hall–Kier alpha value is -2.48. The van der Waals surface area contributed by atoms with Crippen LogP contribution in [0.1, 0.15) is 6.42 Å². The number of carbonyl (C=O) groups excluding carboxylic acids is 2. The number of anilines is 2. The lowest BCUT2D eigenvalue weighted by molar-refractivity contribution is -0.129. The van der Waals surface area contributed by atoms with E-state index in [1.54, 1.807) is 29.2 Å². The molecule has 1 aromatic carbocycles. The number of hydrogen-bond acceptors (Lipinski definition) is 5. The van der Waals surface area contributed by atoms with Gasteiger partial charge in [0.15, 0.2) is 0 Å². The first-order valence-electron chi connectivity index (χ1n) is 6.26. The van der Waals surface area contributed by atoms with E-state index in [9.17, 15) is 9.59 Å². The average molecular weight is 307 g/mol. The Morgan fingerprint density at radius 2 is 2.14 bits per heavy atom. The Labute approximate surface area is 124 Å². The highest BCUT2D eigenvalue weighted by Gasteiger charge is 2.37. The van der Waals surface area contributed by atoms with Gasteiger partial charge in [-0.2, -0.15) is 5.21 Å². The quantitative estimate of drug-likeness (QED) is 0.818. The van der Waals surface area contributed by atoms with Crippen LogP contribution in [0, 0.1) is 5.92 Å². The van der Waals surface area contributed by atoms with E-state index in [0.29, 0.717) is 18.0 Å². The summed E-state index contributed by atoms with van der Waals surface area (Å²) >= 11 is 5.82. The second-order valence-electron chi connectivity index (χ2n) is 4.53. The molecule has 0 bridgehead atoms. The van der Waals surface area contributed by atoms with E-state index in [1.807, 2.05) is 0 Å². The van der Waals surface area contributed by atoms with E-state index < -0.39 is 11.8 Å². The third kappa shape index (κ3) is 2.70. The Morgan fingerprint density at radius 3 is 2.81 bits per heavy atom. The summed E-state index contributed by atoms with van der Waals surface area (Å²) in [5, 5.41) is 15.8. The first-order chi connectivity index (χ1) is 10.1. The maximum atomic E-state index is 12.3. The molecular weight excluding hydrogens is 296 g/mol. The summed E-state index contributed by atoms with van der Waals surface area (Å²) in [4.78, 5) is 25.9. The van der Waals surface area contributed by atoms with Gasteiger partial charge in [0.05, 0.1) is 0 Å². The second-order valence-corrected chi connectivity index (χ2v) is 4.97. The van der Waals surface area contributed by atoms with Gasteiger partial charge in [-0.05, 0) is 35.9 Å². The van der Waals surface area contributed by atoms with Gasteiger partial charge in [0, 0.05) is 17.3 Å². The van der Waals surface area contributed by atoms with Crippen LogP contribution in [-0.2, 0) is 9.59 Å². The van der Waals surface area contributed by atoms with Gasteiger partial charge >= 0.3 is 0 Å². The number of hydrogen-bond donors (Lipinski definition) is 2. The molecule has 0 unspecified atom stereocenters. The number of benzene rings is 1. The number of nitrogens with zero attached hydrogens (tertiary/aromatic N) is 4. The summed E-state index contributed by atoms with van der Waals surface area (Å²) in [5.41, 5.74) is 0.722. The molecule has 9 heteroatoms. The van der Waals surface area contributed by atoms with Crippen molar-refractivity contribution in [2.75, 3.05) is 16.8 Å². The highest BCUT2D eigenvalue weighted by Crippen LogP contribution is 2.26. The molecule has 0 saturated carbocycles. The molecule has 21 heavy (non-hydrogen) atoms. The molecule has 2 N–H and O–H groups in total. The van der Waals surface area contributed by atoms with Gasteiger partial charge in [-0.25, -0.2) is 0 Å². The molecule has 3 rings (SSSR count). The predicted octanol–water partition coefficient (Wildman–Crippen LogP) is 0.845. The zero-order chi connectivity index (χ0) is 14.8. The zero-order valence-corrected chi connectivity index (χ0v) is 11.5. The van der Waals surface area contributed by atoms with E-state index in [1.165, 1.54) is 0 Å². The van der Waals surface area contributed by atoms with Crippen LogP contribution < -0.4 is 10.2 Å². The summed E-state index contributed by atoms with van der Waals surface area (Å²) in [6, 6.07) is 6.91. The largest absolute Gasteiger partial charge is 0.312 e. The molecule has 1 aliphatic heterocycles. The minimum atomic E-state index is -0.751. The summed E-state index contributed by atoms with van der Waals surface area (Å²) in [5.74, 6) is -1.38. The summed E-state index contributed by atoms with van der Waals surface area (Å²) in [7, 11) is 0. The first-order valence-corrected chi connectivity index (χ1v) is 6.64. The molecule has 1 aromatic heterocycles. The van der Waals surface area contributed by atoms with Crippen molar-refractivity contribution in [3.8, 4) is 0 Å². The molecule has 0 spiro atoms. The Morgan fingerprint density at radius 1 is 1.38 bits per heavy atom. The number of H-pyrrole nitrogens is 1. The molecule has 8 nitrogen and oxygen atoms in total. The lowest BCUT2D eigenvalue weighted by Crippen LogP contribution is -2.33. The van der Waals surface area contributed by atoms with Crippen molar-refractivity contribution < 1.29 is 9.59 Å². The van der Waals surface area contributed by atoms with E-state index in [4.69, 9.17) is 11.6 Å². The molecule has 0 radical (unpaired) electrons. The van der Waals surface area contributed by atoms with Crippen LogP contribution >= 0.6 is 11.6 Å². The fourth-order valence-corrected chi connectivity index (χ4v) is 2.34. The van der Waals surface area contributed by atoms with E-state index >= 15 is 0 Å². The van der Waals surface area contributed by atoms with Gasteiger partial charge in [0.1, 0.15) is 5.92 Å². The number of rotatable bonds is 3. The van der Waals surface area contributed by atoms with Crippen LogP contribution in [-0.4, -0.2) is 39.0 Å². The minimum Gasteiger partial charge on any atom is -0.312 e. The number of halogens is 1. The van der Waals surface area contributed by atoms with Crippen molar-refractivity contribution >= 4 is 35.1 Å². The number of aromatic amines is 1. The maximum Gasteiger partial charge on any atom is 0.269 e. The van der Waals surface area contributed by atoms with Crippen LogP contribution in [0.15, 0.2) is 24.3 Å². The Bertz CT molecular complexity index is 657. The Kier molecular flexibility index (Phi) is 3.53. The fraction of sp³-hybridized carbons (Fsp3) is 0.250. The number of tetrazole rings is 1. The number of carbonyl (C=O) groups is 2. The molecule has 0 aliphatic carbocycles. The van der Waals surface area contributed by atoms with Crippen molar-refractivity contribution in [1.82, 2.24) is 20.6 Å². The smallest absolute Gasteiger partial charge is 0.269 e. The van der Waals surface area contributed by atoms with Crippen LogP contribution in [0.3, 0.4) is 0 Å². The first kappa shape index (κ1) is 13.5. The van der Waals surface area contributed by atoms with Gasteiger partial charge in [-0.15, -0.1) is 5.10 Å². The second kappa shape index (κ2) is 5.49. The van der Waals surface area contributed by atoms with Gasteiger partial charge in [-0.3, -0.25) is 14.9 Å². The standard InChI is InChI=1S/C12H11ClN6O2/c13-7-1-3-8(4-2-7)19-6-5-9(11(19)21)10(20)14-12-15-17-18-16-12/h1-4,9H,5-6H2,(H2,14,15,16,17,18,20)/t9-/m0/s1. The third-order valence-electron chi connectivity index (χ3n) is 3.24. The zero-order valence-electron chi connectivity index (χ0n) is 10.8. The van der Waals surface area contributed by atoms with Crippen molar-refractivity contribution in [2.45, 2.75) is 6.42 Å². The summed E-state index contributed by atoms with van der Waals surface area (Å²) in [6.45, 7) is 0.477. The predicted molar refractivity (Wildman–Crippen MR) is 74.7 cm³/mol. The molecule has 1 atom stereocenters. The topological polar surface area (TPSA) is 104 Å². The van der Waals surface area contributed by atoms with Crippen molar-refractivity contribution in [3.63, 3.8) is 0 Å². The molecular formula is C12H11ClN6O2. The van der Waals surface area contributed by atoms with Gasteiger partial charge < -0.3 is 4.90 Å². The molecule has 2 heterocycles. The molecule has 2 aromatic rings. The van der Waals surface area contributed by atoms with Crippen molar-refractivity contribution in [1.29, 1.82) is 0 Å². The van der Waals surface area contributed by atoms with Gasteiger partial charge in [0.2, 0.25) is 11.8 Å². The van der Waals surface area contributed by atoms with Crippen LogP contribution in [0.2, 0.25) is 5.02 Å². The SMILES string of the molecule is O=C(Nc1nn[nH]n1)[C@@H]1CCN(c2ccc(Cl)cc2)C1=O. The molecule has 108 valence electrons. The molecule has 1 saturated heterocycles. The average Bonchev–Trinajstić information content (AvgIpc) is 3.09. The minimum absolute atomic E-state index is 0.0535. The third-order valence-corrected chi connectivity index (χ3v) is 3.49. The van der Waals surface area contributed by atoms with Crippen molar-refractivity contribution in [3.05, 3.63) is 29.3 Å². The number of amides is 2. The number of nitrogens with one attached hydrogen (secondary N) is 2. The fourth-order valence-electron chi connectivity index (χ4n) is 2.21. The van der Waals surface area contributed by atoms with Crippen LogP contribution in [0.25, 0.3) is 0 Å². The molecule has 1 fully saturated rings. The monoisotopic (exact) mass is 306 g/mol. The van der Waals surface area contributed by atoms with Gasteiger partial charge in [-0.1, -0.05) is 16.7 Å². The normalized spacial score (nSPS) is 18.0. The van der Waals surface area contributed by atoms with E-state index in [-0.39, 0.29) is 11.9 Å². The lowest BCUT2D eigenvalue weighted by atomic mass is 10.1.